The first-order valence-corrected chi connectivity index (χ1v) is 10.6. The number of nitrogens with one attached hydrogen (secondary N) is 1. The summed E-state index contributed by atoms with van der Waals surface area (Å²) in [6, 6.07) is 5.18. The van der Waals surface area contributed by atoms with Gasteiger partial charge in [-0.05, 0) is 17.5 Å². The highest BCUT2D eigenvalue weighted by atomic mass is 35.5. The van der Waals surface area contributed by atoms with E-state index in [4.69, 9.17) is 32.7 Å². The summed E-state index contributed by atoms with van der Waals surface area (Å²) in [5.41, 5.74) is -0.843. The summed E-state index contributed by atoms with van der Waals surface area (Å²) in [4.78, 5) is 26.9. The SMILES string of the molecule is CC(C)(C)C(OCc1cn([C@H]2C[C@H](O)[C@@H](CO)O2)c(=O)[nH]c1=O)c1c(Cl)cccc1Cl. The molecule has 3 N–H and O–H groups in total. The van der Waals surface area contributed by atoms with Crippen LogP contribution < -0.4 is 11.2 Å². The summed E-state index contributed by atoms with van der Waals surface area (Å²) < 4.78 is 12.8. The molecule has 0 amide bonds. The van der Waals surface area contributed by atoms with Crippen LogP contribution in [0, 0.1) is 5.41 Å². The number of aliphatic hydroxyl groups excluding tert-OH is 2. The van der Waals surface area contributed by atoms with Gasteiger partial charge in [-0.3, -0.25) is 14.3 Å². The van der Waals surface area contributed by atoms with Crippen LogP contribution in [0.5, 0.6) is 0 Å². The van der Waals surface area contributed by atoms with Gasteiger partial charge >= 0.3 is 5.69 Å². The van der Waals surface area contributed by atoms with E-state index >= 15 is 0 Å². The van der Waals surface area contributed by atoms with E-state index in [1.54, 1.807) is 18.2 Å². The molecule has 170 valence electrons. The van der Waals surface area contributed by atoms with E-state index in [0.717, 1.165) is 0 Å². The lowest BCUT2D eigenvalue weighted by Gasteiger charge is -2.32. The molecule has 31 heavy (non-hydrogen) atoms. The average Bonchev–Trinajstić information content (AvgIpc) is 3.04. The van der Waals surface area contributed by atoms with Crippen molar-refractivity contribution in [3.63, 3.8) is 0 Å². The second-order valence-electron chi connectivity index (χ2n) is 8.63. The van der Waals surface area contributed by atoms with Crippen molar-refractivity contribution >= 4 is 23.2 Å². The van der Waals surface area contributed by atoms with Crippen molar-refractivity contribution in [1.29, 1.82) is 0 Å². The number of H-pyrrole nitrogens is 1. The van der Waals surface area contributed by atoms with E-state index in [0.29, 0.717) is 15.6 Å². The summed E-state index contributed by atoms with van der Waals surface area (Å²) in [5.74, 6) is 0. The van der Waals surface area contributed by atoms with Gasteiger partial charge in [0.15, 0.2) is 0 Å². The molecule has 0 bridgehead atoms. The van der Waals surface area contributed by atoms with Gasteiger partial charge in [0.1, 0.15) is 12.3 Å². The largest absolute Gasteiger partial charge is 0.394 e. The summed E-state index contributed by atoms with van der Waals surface area (Å²) in [7, 11) is 0. The molecule has 4 atom stereocenters. The highest BCUT2D eigenvalue weighted by Gasteiger charge is 2.35. The molecule has 0 aliphatic carbocycles. The third-order valence-electron chi connectivity index (χ3n) is 5.19. The Balaban J connectivity index is 1.90. The molecule has 1 aromatic heterocycles. The van der Waals surface area contributed by atoms with E-state index < -0.39 is 41.2 Å². The topological polar surface area (TPSA) is 114 Å². The van der Waals surface area contributed by atoms with Crippen molar-refractivity contribution in [2.24, 2.45) is 5.41 Å². The number of benzene rings is 1. The van der Waals surface area contributed by atoms with E-state index in [-0.39, 0.29) is 25.2 Å². The van der Waals surface area contributed by atoms with Crippen LogP contribution in [0.25, 0.3) is 0 Å². The normalized spacial score (nSPS) is 22.6. The van der Waals surface area contributed by atoms with Gasteiger partial charge in [-0.15, -0.1) is 0 Å². The van der Waals surface area contributed by atoms with Crippen molar-refractivity contribution in [3.05, 3.63) is 66.4 Å². The Hall–Kier alpha value is -1.68. The maximum atomic E-state index is 12.4. The van der Waals surface area contributed by atoms with Gasteiger partial charge in [0.05, 0.1) is 31.0 Å². The fourth-order valence-corrected chi connectivity index (χ4v) is 4.19. The summed E-state index contributed by atoms with van der Waals surface area (Å²) in [5, 5.41) is 20.1. The zero-order valence-electron chi connectivity index (χ0n) is 17.5. The van der Waals surface area contributed by atoms with Crippen LogP contribution in [-0.4, -0.2) is 38.6 Å². The fraction of sp³-hybridized carbons (Fsp3) is 0.524. The Kier molecular flexibility index (Phi) is 7.30. The van der Waals surface area contributed by atoms with Gasteiger partial charge < -0.3 is 19.7 Å². The van der Waals surface area contributed by atoms with E-state index in [9.17, 15) is 19.8 Å². The predicted molar refractivity (Wildman–Crippen MR) is 116 cm³/mol. The number of ether oxygens (including phenoxy) is 2. The predicted octanol–water partition coefficient (Wildman–Crippen LogP) is 2.79. The second kappa shape index (κ2) is 9.44. The Morgan fingerprint density at radius 1 is 1.29 bits per heavy atom. The Bertz CT molecular complexity index is 1030. The molecule has 1 unspecified atom stereocenters. The van der Waals surface area contributed by atoms with Crippen LogP contribution in [0.1, 0.15) is 50.7 Å². The average molecular weight is 473 g/mol. The van der Waals surface area contributed by atoms with Crippen LogP contribution in [0.4, 0.5) is 0 Å². The molecule has 2 heterocycles. The molecule has 3 rings (SSSR count). The molecular weight excluding hydrogens is 447 g/mol. The fourth-order valence-electron chi connectivity index (χ4n) is 3.59. The van der Waals surface area contributed by atoms with E-state index in [1.807, 2.05) is 20.8 Å². The first-order chi connectivity index (χ1) is 14.5. The molecule has 8 nitrogen and oxygen atoms in total. The van der Waals surface area contributed by atoms with Gasteiger partial charge in [-0.1, -0.05) is 50.0 Å². The van der Waals surface area contributed by atoms with Crippen LogP contribution >= 0.6 is 23.2 Å². The maximum Gasteiger partial charge on any atom is 0.330 e. The number of aromatic amines is 1. The standard InChI is InChI=1S/C21H26Cl2N2O6/c1-21(2,3)18(17-12(22)5-4-6-13(17)23)30-10-11-8-25(20(29)24-19(11)28)16-7-14(27)15(9-26)31-16/h4-6,8,14-16,18,26-27H,7,9-10H2,1-3H3,(H,24,28,29)/t14-,15+,16+,18?/m0/s1. The van der Waals surface area contributed by atoms with E-state index in [1.165, 1.54) is 10.8 Å². The van der Waals surface area contributed by atoms with Gasteiger partial charge in [-0.25, -0.2) is 4.79 Å². The molecule has 0 spiro atoms. The van der Waals surface area contributed by atoms with Gasteiger partial charge in [0, 0.05) is 28.2 Å². The third-order valence-corrected chi connectivity index (χ3v) is 5.85. The highest BCUT2D eigenvalue weighted by molar-refractivity contribution is 6.36. The number of hydrogen-bond acceptors (Lipinski definition) is 6. The molecule has 10 heteroatoms. The Morgan fingerprint density at radius 3 is 2.48 bits per heavy atom. The van der Waals surface area contributed by atoms with Crippen LogP contribution in [-0.2, 0) is 16.1 Å². The third kappa shape index (κ3) is 5.22. The first kappa shape index (κ1) is 24.0. The quantitative estimate of drug-likeness (QED) is 0.595. The lowest BCUT2D eigenvalue weighted by atomic mass is 9.84. The van der Waals surface area contributed by atoms with Gasteiger partial charge in [-0.2, -0.15) is 0 Å². The summed E-state index contributed by atoms with van der Waals surface area (Å²) in [6.07, 6.45) is -1.59. The lowest BCUT2D eigenvalue weighted by molar-refractivity contribution is -0.0471. The number of rotatable bonds is 6. The number of halogens is 2. The van der Waals surface area contributed by atoms with Crippen molar-refractivity contribution in [2.45, 2.75) is 58.3 Å². The van der Waals surface area contributed by atoms with Crippen molar-refractivity contribution in [3.8, 4) is 0 Å². The number of nitrogens with zero attached hydrogens (tertiary/aromatic N) is 1. The first-order valence-electron chi connectivity index (χ1n) is 9.87. The van der Waals surface area contributed by atoms with Crippen LogP contribution in [0.3, 0.4) is 0 Å². The van der Waals surface area contributed by atoms with Gasteiger partial charge in [0.25, 0.3) is 5.56 Å². The summed E-state index contributed by atoms with van der Waals surface area (Å²) in [6.45, 7) is 5.40. The zero-order chi connectivity index (χ0) is 22.9. The minimum atomic E-state index is -0.916. The zero-order valence-corrected chi connectivity index (χ0v) is 19.0. The minimum Gasteiger partial charge on any atom is -0.394 e. The van der Waals surface area contributed by atoms with Crippen molar-refractivity contribution in [2.75, 3.05) is 6.61 Å². The molecule has 1 aliphatic heterocycles. The van der Waals surface area contributed by atoms with Crippen molar-refractivity contribution in [1.82, 2.24) is 9.55 Å². The van der Waals surface area contributed by atoms with Crippen LogP contribution in [0.15, 0.2) is 34.0 Å². The maximum absolute atomic E-state index is 12.4. The Morgan fingerprint density at radius 2 is 1.94 bits per heavy atom. The molecular formula is C21H26Cl2N2O6. The molecule has 0 radical (unpaired) electrons. The minimum absolute atomic E-state index is 0.108. The van der Waals surface area contributed by atoms with E-state index in [2.05, 4.69) is 4.98 Å². The molecule has 2 aromatic rings. The molecule has 1 aliphatic rings. The second-order valence-corrected chi connectivity index (χ2v) is 9.44. The summed E-state index contributed by atoms with van der Waals surface area (Å²) >= 11 is 12.8. The van der Waals surface area contributed by atoms with Crippen molar-refractivity contribution < 1.29 is 19.7 Å². The molecule has 0 saturated carbocycles. The highest BCUT2D eigenvalue weighted by Crippen LogP contribution is 2.43. The lowest BCUT2D eigenvalue weighted by Crippen LogP contribution is -2.35. The Labute approximate surface area is 189 Å². The van der Waals surface area contributed by atoms with Crippen LogP contribution in [0.2, 0.25) is 10.0 Å². The number of aromatic nitrogens is 2. The van der Waals surface area contributed by atoms with Gasteiger partial charge in [0.2, 0.25) is 0 Å². The number of aliphatic hydroxyl groups is 2. The molecule has 1 saturated heterocycles. The number of hydrogen-bond donors (Lipinski definition) is 3. The smallest absolute Gasteiger partial charge is 0.330 e. The monoisotopic (exact) mass is 472 g/mol. The molecule has 1 fully saturated rings. The molecule has 1 aromatic carbocycles.